The summed E-state index contributed by atoms with van der Waals surface area (Å²) in [5.74, 6) is 0.851. The number of aldehydes is 1. The number of rotatable bonds is 6. The van der Waals surface area contributed by atoms with Gasteiger partial charge in [0.05, 0.1) is 6.61 Å². The molecule has 3 nitrogen and oxygen atoms in total. The van der Waals surface area contributed by atoms with Crippen LogP contribution in [0.1, 0.15) is 43.2 Å². The van der Waals surface area contributed by atoms with E-state index in [1.54, 1.807) is 0 Å². The minimum Gasteiger partial charge on any atom is -0.337 e. The van der Waals surface area contributed by atoms with Gasteiger partial charge in [0.1, 0.15) is 6.29 Å². The Morgan fingerprint density at radius 2 is 2.11 bits per heavy atom. The molecule has 0 aromatic heterocycles. The van der Waals surface area contributed by atoms with Gasteiger partial charge in [0, 0.05) is 12.0 Å². The first-order chi connectivity index (χ1) is 9.42. The number of hydrogen-bond donors (Lipinski definition) is 0. The third kappa shape index (κ3) is 4.21. The van der Waals surface area contributed by atoms with Crippen molar-refractivity contribution in [3.05, 3.63) is 35.4 Å². The van der Waals surface area contributed by atoms with Gasteiger partial charge in [-0.05, 0) is 37.7 Å². The Hall–Kier alpha value is -1.61. The first-order valence-electron chi connectivity index (χ1n) is 6.93. The molecule has 1 heterocycles. The van der Waals surface area contributed by atoms with Crippen molar-refractivity contribution in [2.45, 2.75) is 38.5 Å². The van der Waals surface area contributed by atoms with Crippen LogP contribution in [0.25, 0.3) is 6.08 Å². The van der Waals surface area contributed by atoms with E-state index in [4.69, 9.17) is 9.78 Å². The van der Waals surface area contributed by atoms with E-state index in [0.717, 1.165) is 49.7 Å². The molecule has 0 fully saturated rings. The summed E-state index contributed by atoms with van der Waals surface area (Å²) in [6.45, 7) is 0.642. The van der Waals surface area contributed by atoms with E-state index in [9.17, 15) is 4.79 Å². The maximum Gasteiger partial charge on any atom is 0.175 e. The number of benzene rings is 1. The van der Waals surface area contributed by atoms with Crippen molar-refractivity contribution < 1.29 is 14.6 Å². The van der Waals surface area contributed by atoms with Crippen LogP contribution in [0.3, 0.4) is 0 Å². The Balaban J connectivity index is 1.96. The van der Waals surface area contributed by atoms with Crippen LogP contribution in [0.5, 0.6) is 5.75 Å². The monoisotopic (exact) mass is 260 g/mol. The second-order valence-electron chi connectivity index (χ2n) is 4.70. The molecular weight excluding hydrogens is 240 g/mol. The van der Waals surface area contributed by atoms with E-state index in [1.807, 2.05) is 6.07 Å². The fourth-order valence-electron chi connectivity index (χ4n) is 2.16. The zero-order valence-electron chi connectivity index (χ0n) is 11.1. The lowest BCUT2D eigenvalue weighted by molar-refractivity contribution is -0.203. The van der Waals surface area contributed by atoms with Gasteiger partial charge in [-0.25, -0.2) is 0 Å². The summed E-state index contributed by atoms with van der Waals surface area (Å²) >= 11 is 0. The van der Waals surface area contributed by atoms with Gasteiger partial charge in [-0.15, -0.1) is 0 Å². The third-order valence-corrected chi connectivity index (χ3v) is 3.18. The number of para-hydroxylation sites is 1. The Morgan fingerprint density at radius 3 is 3.00 bits per heavy atom. The van der Waals surface area contributed by atoms with Gasteiger partial charge < -0.3 is 9.68 Å². The highest BCUT2D eigenvalue weighted by molar-refractivity contribution is 5.60. The number of fused-ring (bicyclic) bond motifs is 1. The quantitative estimate of drug-likeness (QED) is 0.444. The number of carbonyl (C=O) groups excluding carboxylic acids is 1. The molecule has 0 amide bonds. The van der Waals surface area contributed by atoms with E-state index in [0.29, 0.717) is 13.0 Å². The van der Waals surface area contributed by atoms with Crippen molar-refractivity contribution in [1.29, 1.82) is 0 Å². The maximum absolute atomic E-state index is 10.2. The lowest BCUT2D eigenvalue weighted by atomic mass is 10.0. The van der Waals surface area contributed by atoms with Crippen LogP contribution < -0.4 is 4.89 Å². The molecule has 0 spiro atoms. The van der Waals surface area contributed by atoms with Crippen molar-refractivity contribution in [2.24, 2.45) is 0 Å². The molecule has 1 aromatic rings. The summed E-state index contributed by atoms with van der Waals surface area (Å²) in [5, 5.41) is 0. The van der Waals surface area contributed by atoms with Crippen LogP contribution in [-0.4, -0.2) is 12.9 Å². The number of hydrogen-bond acceptors (Lipinski definition) is 3. The fraction of sp³-hybridized carbons (Fsp3) is 0.438. The predicted molar refractivity (Wildman–Crippen MR) is 74.9 cm³/mol. The molecule has 102 valence electrons. The average molecular weight is 260 g/mol. The molecule has 1 aromatic carbocycles. The van der Waals surface area contributed by atoms with Gasteiger partial charge in [-0.2, -0.15) is 4.89 Å². The number of aryl methyl sites for hydroxylation is 1. The van der Waals surface area contributed by atoms with Crippen molar-refractivity contribution >= 4 is 12.4 Å². The van der Waals surface area contributed by atoms with E-state index in [2.05, 4.69) is 24.3 Å². The lowest BCUT2D eigenvalue weighted by Crippen LogP contribution is -1.97. The number of unbranched alkanes of at least 4 members (excludes halogenated alkanes) is 3. The number of carbonyl (C=O) groups is 1. The normalized spacial score (nSPS) is 14.7. The summed E-state index contributed by atoms with van der Waals surface area (Å²) in [7, 11) is 0. The SMILES string of the molecule is O=CCCCC/C=C/c1cccc2c1OOCCC2. The fourth-order valence-corrected chi connectivity index (χ4v) is 2.16. The minimum atomic E-state index is 0.642. The Labute approximate surface area is 114 Å². The minimum absolute atomic E-state index is 0.642. The smallest absolute Gasteiger partial charge is 0.175 e. The van der Waals surface area contributed by atoms with Crippen LogP contribution in [0.4, 0.5) is 0 Å². The highest BCUT2D eigenvalue weighted by Crippen LogP contribution is 2.28. The summed E-state index contributed by atoms with van der Waals surface area (Å²) in [6.07, 6.45) is 10.8. The molecular formula is C16H20O3. The molecule has 0 aliphatic carbocycles. The van der Waals surface area contributed by atoms with Crippen LogP contribution >= 0.6 is 0 Å². The largest absolute Gasteiger partial charge is 0.337 e. The molecule has 0 N–H and O–H groups in total. The third-order valence-electron chi connectivity index (χ3n) is 3.18. The van der Waals surface area contributed by atoms with Crippen LogP contribution in [0, 0.1) is 0 Å². The van der Waals surface area contributed by atoms with Crippen molar-refractivity contribution in [3.63, 3.8) is 0 Å². The molecule has 19 heavy (non-hydrogen) atoms. The van der Waals surface area contributed by atoms with Crippen LogP contribution in [0.2, 0.25) is 0 Å². The summed E-state index contributed by atoms with van der Waals surface area (Å²) in [6, 6.07) is 6.18. The van der Waals surface area contributed by atoms with Crippen molar-refractivity contribution in [3.8, 4) is 5.75 Å². The van der Waals surface area contributed by atoms with Gasteiger partial charge in [-0.3, -0.25) is 0 Å². The highest BCUT2D eigenvalue weighted by atomic mass is 17.2. The van der Waals surface area contributed by atoms with E-state index in [-0.39, 0.29) is 0 Å². The molecule has 1 aliphatic rings. The van der Waals surface area contributed by atoms with Gasteiger partial charge in [0.2, 0.25) is 0 Å². The van der Waals surface area contributed by atoms with E-state index in [1.165, 1.54) is 5.56 Å². The topological polar surface area (TPSA) is 35.5 Å². The van der Waals surface area contributed by atoms with Gasteiger partial charge in [0.15, 0.2) is 5.75 Å². The first kappa shape index (κ1) is 13.8. The van der Waals surface area contributed by atoms with Crippen molar-refractivity contribution in [1.82, 2.24) is 0 Å². The molecule has 0 unspecified atom stereocenters. The van der Waals surface area contributed by atoms with Gasteiger partial charge in [0.25, 0.3) is 0 Å². The number of allylic oxidation sites excluding steroid dienone is 1. The second-order valence-corrected chi connectivity index (χ2v) is 4.70. The predicted octanol–water partition coefficient (Wildman–Crippen LogP) is 3.72. The van der Waals surface area contributed by atoms with Crippen molar-refractivity contribution in [2.75, 3.05) is 6.61 Å². The van der Waals surface area contributed by atoms with E-state index < -0.39 is 0 Å². The standard InChI is InChI=1S/C16H20O3/c17-12-5-3-1-2-4-8-14-9-6-10-15-11-7-13-18-19-16(14)15/h4,6,8-10,12H,1-3,5,7,11,13H2/b8-4+. The van der Waals surface area contributed by atoms with Crippen LogP contribution in [-0.2, 0) is 16.1 Å². The first-order valence-corrected chi connectivity index (χ1v) is 6.93. The molecule has 0 saturated heterocycles. The van der Waals surface area contributed by atoms with E-state index >= 15 is 0 Å². The Bertz CT molecular complexity index is 438. The zero-order valence-corrected chi connectivity index (χ0v) is 11.1. The molecule has 0 radical (unpaired) electrons. The zero-order chi connectivity index (χ0) is 13.3. The molecule has 3 heteroatoms. The average Bonchev–Trinajstić information content (AvgIpc) is 2.68. The Kier molecular flexibility index (Phi) is 5.63. The van der Waals surface area contributed by atoms with Crippen LogP contribution in [0.15, 0.2) is 24.3 Å². The molecule has 1 aliphatic heterocycles. The molecule has 0 saturated carbocycles. The van der Waals surface area contributed by atoms with Gasteiger partial charge >= 0.3 is 0 Å². The molecule has 2 rings (SSSR count). The summed E-state index contributed by atoms with van der Waals surface area (Å²) < 4.78 is 0. The van der Waals surface area contributed by atoms with Gasteiger partial charge in [-0.1, -0.05) is 30.4 Å². The molecule has 0 atom stereocenters. The maximum atomic E-state index is 10.2. The highest BCUT2D eigenvalue weighted by Gasteiger charge is 2.12. The Morgan fingerprint density at radius 1 is 1.21 bits per heavy atom. The summed E-state index contributed by atoms with van der Waals surface area (Å²) in [4.78, 5) is 20.7. The molecule has 0 bridgehead atoms. The summed E-state index contributed by atoms with van der Waals surface area (Å²) in [5.41, 5.74) is 2.27. The second kappa shape index (κ2) is 7.74. The lowest BCUT2D eigenvalue weighted by Gasteiger charge is -2.07.